The fourth-order valence-corrected chi connectivity index (χ4v) is 2.47. The Labute approximate surface area is 130 Å². The predicted molar refractivity (Wildman–Crippen MR) is 82.5 cm³/mol. The van der Waals surface area contributed by atoms with Gasteiger partial charge in [0.25, 0.3) is 0 Å². The molecular weight excluding hydrogens is 294 g/mol. The van der Waals surface area contributed by atoms with Crippen LogP contribution in [0.1, 0.15) is 11.5 Å². The monoisotopic (exact) mass is 307 g/mol. The van der Waals surface area contributed by atoms with Crippen LogP contribution in [0.3, 0.4) is 0 Å². The van der Waals surface area contributed by atoms with E-state index in [2.05, 4.69) is 20.7 Å². The lowest BCUT2D eigenvalue weighted by molar-refractivity contribution is -0.120. The van der Waals surface area contributed by atoms with Gasteiger partial charge in [0.1, 0.15) is 5.69 Å². The molecule has 0 bridgehead atoms. The van der Waals surface area contributed by atoms with Crippen LogP contribution in [0.25, 0.3) is 16.6 Å². The molecular formula is C16H13N5O2. The smallest absolute Gasteiger partial charge is 0.226 e. The second-order valence-electron chi connectivity index (χ2n) is 5.12. The van der Waals surface area contributed by atoms with Crippen LogP contribution in [0.5, 0.6) is 0 Å². The van der Waals surface area contributed by atoms with Crippen molar-refractivity contribution in [3.8, 4) is 0 Å². The molecule has 1 aromatic carbocycles. The molecule has 0 unspecified atom stereocenters. The van der Waals surface area contributed by atoms with Crippen LogP contribution in [-0.4, -0.2) is 25.7 Å². The summed E-state index contributed by atoms with van der Waals surface area (Å²) in [7, 11) is 0. The van der Waals surface area contributed by atoms with E-state index < -0.39 is 0 Å². The molecule has 0 radical (unpaired) electrons. The summed E-state index contributed by atoms with van der Waals surface area (Å²) in [6.07, 6.45) is 2.02. The van der Waals surface area contributed by atoms with Gasteiger partial charge in [-0.1, -0.05) is 23.4 Å². The fraction of sp³-hybridized carbons (Fsp3) is 0.125. The summed E-state index contributed by atoms with van der Waals surface area (Å²) in [5, 5.41) is 15.8. The van der Waals surface area contributed by atoms with Crippen LogP contribution >= 0.6 is 0 Å². The van der Waals surface area contributed by atoms with Crippen molar-refractivity contribution in [2.75, 3.05) is 0 Å². The maximum atomic E-state index is 12.1. The molecule has 0 saturated heterocycles. The Bertz CT molecular complexity index is 988. The van der Waals surface area contributed by atoms with Gasteiger partial charge in [-0.2, -0.15) is 0 Å². The molecule has 1 amide bonds. The standard InChI is InChI=1S/C16H13N5O2/c22-16(9-12-11-5-1-2-6-13(11)23-20-12)17-10-15-19-18-14-7-3-4-8-21(14)15/h1-8H,9-10H2,(H,17,22). The van der Waals surface area contributed by atoms with E-state index in [0.29, 0.717) is 23.6 Å². The number of nitrogens with zero attached hydrogens (tertiary/aromatic N) is 4. The number of carbonyl (C=O) groups excluding carboxylic acids is 1. The molecule has 0 saturated carbocycles. The van der Waals surface area contributed by atoms with Gasteiger partial charge in [0.15, 0.2) is 17.1 Å². The number of para-hydroxylation sites is 1. The summed E-state index contributed by atoms with van der Waals surface area (Å²) < 4.78 is 7.04. The van der Waals surface area contributed by atoms with Crippen molar-refractivity contribution in [1.29, 1.82) is 0 Å². The molecule has 4 rings (SSSR count). The summed E-state index contributed by atoms with van der Waals surface area (Å²) in [4.78, 5) is 12.1. The van der Waals surface area contributed by atoms with Gasteiger partial charge in [-0.15, -0.1) is 10.2 Å². The Morgan fingerprint density at radius 3 is 2.96 bits per heavy atom. The number of aromatic nitrogens is 4. The molecule has 114 valence electrons. The fourth-order valence-electron chi connectivity index (χ4n) is 2.47. The van der Waals surface area contributed by atoms with Crippen molar-refractivity contribution in [1.82, 2.24) is 25.1 Å². The van der Waals surface area contributed by atoms with Crippen molar-refractivity contribution in [2.24, 2.45) is 0 Å². The molecule has 7 nitrogen and oxygen atoms in total. The van der Waals surface area contributed by atoms with Gasteiger partial charge in [0, 0.05) is 11.6 Å². The number of hydrogen-bond donors (Lipinski definition) is 1. The number of fused-ring (bicyclic) bond motifs is 2. The second kappa shape index (κ2) is 5.53. The first-order chi connectivity index (χ1) is 11.3. The number of carbonyl (C=O) groups is 1. The van der Waals surface area contributed by atoms with E-state index in [1.54, 1.807) is 0 Å². The van der Waals surface area contributed by atoms with E-state index in [4.69, 9.17) is 4.52 Å². The Morgan fingerprint density at radius 1 is 1.13 bits per heavy atom. The maximum absolute atomic E-state index is 12.1. The molecule has 0 aliphatic heterocycles. The lowest BCUT2D eigenvalue weighted by Gasteiger charge is -2.03. The van der Waals surface area contributed by atoms with Gasteiger partial charge < -0.3 is 9.84 Å². The van der Waals surface area contributed by atoms with E-state index in [9.17, 15) is 4.79 Å². The van der Waals surface area contributed by atoms with E-state index >= 15 is 0 Å². The Kier molecular flexibility index (Phi) is 3.23. The first-order valence-corrected chi connectivity index (χ1v) is 7.20. The average Bonchev–Trinajstić information content (AvgIpc) is 3.18. The summed E-state index contributed by atoms with van der Waals surface area (Å²) in [6, 6.07) is 13.1. The second-order valence-corrected chi connectivity index (χ2v) is 5.12. The summed E-state index contributed by atoms with van der Waals surface area (Å²) in [6.45, 7) is 0.305. The highest BCUT2D eigenvalue weighted by Gasteiger charge is 2.13. The predicted octanol–water partition coefficient (Wildman–Crippen LogP) is 1.73. The molecule has 7 heteroatoms. The molecule has 0 spiro atoms. The molecule has 0 aliphatic carbocycles. The van der Waals surface area contributed by atoms with Crippen LogP contribution in [0.15, 0.2) is 53.2 Å². The Balaban J connectivity index is 1.46. The minimum absolute atomic E-state index is 0.142. The summed E-state index contributed by atoms with van der Waals surface area (Å²) >= 11 is 0. The van der Waals surface area contributed by atoms with Crippen LogP contribution in [0, 0.1) is 0 Å². The van der Waals surface area contributed by atoms with E-state index in [0.717, 1.165) is 11.0 Å². The van der Waals surface area contributed by atoms with Crippen LogP contribution in [0.4, 0.5) is 0 Å². The first-order valence-electron chi connectivity index (χ1n) is 7.20. The van der Waals surface area contributed by atoms with Gasteiger partial charge in [-0.05, 0) is 24.3 Å². The van der Waals surface area contributed by atoms with Crippen LogP contribution < -0.4 is 5.32 Å². The van der Waals surface area contributed by atoms with Crippen molar-refractivity contribution < 1.29 is 9.32 Å². The Hall–Kier alpha value is -3.22. The molecule has 23 heavy (non-hydrogen) atoms. The number of rotatable bonds is 4. The molecule has 1 N–H and O–H groups in total. The van der Waals surface area contributed by atoms with Gasteiger partial charge in [0.2, 0.25) is 5.91 Å². The van der Waals surface area contributed by atoms with Crippen LogP contribution in [-0.2, 0) is 17.8 Å². The third kappa shape index (κ3) is 2.52. The number of benzene rings is 1. The molecule has 3 heterocycles. The largest absolute Gasteiger partial charge is 0.356 e. The lowest BCUT2D eigenvalue weighted by atomic mass is 10.1. The normalized spacial score (nSPS) is 11.1. The maximum Gasteiger partial charge on any atom is 0.226 e. The number of hydrogen-bond acceptors (Lipinski definition) is 5. The van der Waals surface area contributed by atoms with Gasteiger partial charge in [0.05, 0.1) is 13.0 Å². The molecule has 0 atom stereocenters. The van der Waals surface area contributed by atoms with Crippen molar-refractivity contribution in [3.63, 3.8) is 0 Å². The quantitative estimate of drug-likeness (QED) is 0.620. The van der Waals surface area contributed by atoms with E-state index in [1.165, 1.54) is 0 Å². The zero-order valence-corrected chi connectivity index (χ0v) is 12.1. The van der Waals surface area contributed by atoms with Gasteiger partial charge in [-0.3, -0.25) is 9.20 Å². The molecule has 0 aliphatic rings. The zero-order chi connectivity index (χ0) is 15.6. The van der Waals surface area contributed by atoms with Gasteiger partial charge in [-0.25, -0.2) is 0 Å². The third-order valence-corrected chi connectivity index (χ3v) is 3.61. The average molecular weight is 307 g/mol. The van der Waals surface area contributed by atoms with Crippen molar-refractivity contribution >= 4 is 22.5 Å². The van der Waals surface area contributed by atoms with Gasteiger partial charge >= 0.3 is 0 Å². The topological polar surface area (TPSA) is 85.3 Å². The highest BCUT2D eigenvalue weighted by atomic mass is 16.5. The number of nitrogens with one attached hydrogen (secondary N) is 1. The summed E-state index contributed by atoms with van der Waals surface area (Å²) in [5.41, 5.74) is 2.06. The molecule has 3 aromatic heterocycles. The van der Waals surface area contributed by atoms with E-state index in [-0.39, 0.29) is 12.3 Å². The van der Waals surface area contributed by atoms with Crippen LogP contribution in [0.2, 0.25) is 0 Å². The zero-order valence-electron chi connectivity index (χ0n) is 12.1. The van der Waals surface area contributed by atoms with E-state index in [1.807, 2.05) is 53.1 Å². The van der Waals surface area contributed by atoms with Crippen molar-refractivity contribution in [2.45, 2.75) is 13.0 Å². The molecule has 4 aromatic rings. The number of pyridine rings is 1. The third-order valence-electron chi connectivity index (χ3n) is 3.61. The van der Waals surface area contributed by atoms with Crippen molar-refractivity contribution in [3.05, 3.63) is 60.2 Å². The summed E-state index contributed by atoms with van der Waals surface area (Å²) in [5.74, 6) is 0.538. The highest BCUT2D eigenvalue weighted by Crippen LogP contribution is 2.18. The molecule has 0 fully saturated rings. The Morgan fingerprint density at radius 2 is 2.00 bits per heavy atom. The minimum Gasteiger partial charge on any atom is -0.356 e. The SMILES string of the molecule is O=C(Cc1noc2ccccc12)NCc1nnc2ccccn12. The lowest BCUT2D eigenvalue weighted by Crippen LogP contribution is -2.25. The number of amides is 1. The first kappa shape index (κ1) is 13.4. The highest BCUT2D eigenvalue weighted by molar-refractivity contribution is 5.86. The minimum atomic E-state index is -0.142.